The summed E-state index contributed by atoms with van der Waals surface area (Å²) in [5.41, 5.74) is 1.70. The highest BCUT2D eigenvalue weighted by molar-refractivity contribution is 9.10. The molecular weight excluding hydrogens is 488 g/mol. The molecule has 7 nitrogen and oxygen atoms in total. The molecule has 2 aromatic carbocycles. The Bertz CT molecular complexity index is 1060. The van der Waals surface area contributed by atoms with E-state index in [2.05, 4.69) is 21.2 Å². The van der Waals surface area contributed by atoms with E-state index in [1.165, 1.54) is 13.2 Å². The molecule has 0 unspecified atom stereocenters. The second kappa shape index (κ2) is 11.4. The zero-order valence-electron chi connectivity index (χ0n) is 17.1. The lowest BCUT2D eigenvalue weighted by Gasteiger charge is -2.13. The topological polar surface area (TPSA) is 97.7 Å². The van der Waals surface area contributed by atoms with Gasteiger partial charge in [0.05, 0.1) is 13.7 Å². The number of hydrogen-bond donors (Lipinski definition) is 1. The SMILES string of the molecule is CCOC(=O)COc1cc(Br)c(/C=C(\C#N)C(=O)Nc2cc(Cl)ccc2C)cc1OC. The summed E-state index contributed by atoms with van der Waals surface area (Å²) in [7, 11) is 1.44. The van der Waals surface area contributed by atoms with Crippen LogP contribution in [0.2, 0.25) is 5.02 Å². The number of aryl methyl sites for hydroxylation is 1. The van der Waals surface area contributed by atoms with E-state index >= 15 is 0 Å². The molecule has 0 atom stereocenters. The molecule has 162 valence electrons. The normalized spacial score (nSPS) is 10.8. The van der Waals surface area contributed by atoms with Crippen LogP contribution in [0.1, 0.15) is 18.1 Å². The van der Waals surface area contributed by atoms with Gasteiger partial charge in [-0.3, -0.25) is 4.79 Å². The van der Waals surface area contributed by atoms with E-state index in [0.717, 1.165) is 5.56 Å². The van der Waals surface area contributed by atoms with Crippen LogP contribution in [0.15, 0.2) is 40.4 Å². The number of hydrogen-bond acceptors (Lipinski definition) is 6. The van der Waals surface area contributed by atoms with Crippen LogP contribution in [0.25, 0.3) is 6.08 Å². The molecule has 0 fully saturated rings. The number of carbonyl (C=O) groups is 2. The molecule has 0 radical (unpaired) electrons. The van der Waals surface area contributed by atoms with Crippen LogP contribution in [0.3, 0.4) is 0 Å². The van der Waals surface area contributed by atoms with Crippen LogP contribution in [0, 0.1) is 18.3 Å². The van der Waals surface area contributed by atoms with Crippen molar-refractivity contribution in [2.75, 3.05) is 25.6 Å². The van der Waals surface area contributed by atoms with Gasteiger partial charge in [0.2, 0.25) is 0 Å². The molecule has 9 heteroatoms. The van der Waals surface area contributed by atoms with Crippen LogP contribution < -0.4 is 14.8 Å². The smallest absolute Gasteiger partial charge is 0.344 e. The molecule has 31 heavy (non-hydrogen) atoms. The van der Waals surface area contributed by atoms with Crippen LogP contribution in [0.4, 0.5) is 5.69 Å². The maximum atomic E-state index is 12.6. The van der Waals surface area contributed by atoms with E-state index in [0.29, 0.717) is 32.2 Å². The van der Waals surface area contributed by atoms with Gasteiger partial charge in [0.1, 0.15) is 11.6 Å². The van der Waals surface area contributed by atoms with E-state index in [1.54, 1.807) is 37.3 Å². The number of carbonyl (C=O) groups excluding carboxylic acids is 2. The van der Waals surface area contributed by atoms with Crippen molar-refractivity contribution >= 4 is 51.2 Å². The van der Waals surface area contributed by atoms with Crippen molar-refractivity contribution in [3.63, 3.8) is 0 Å². The summed E-state index contributed by atoms with van der Waals surface area (Å²) < 4.78 is 16.1. The number of amides is 1. The molecule has 1 N–H and O–H groups in total. The number of anilines is 1. The van der Waals surface area contributed by atoms with Gasteiger partial charge in [-0.05, 0) is 55.3 Å². The summed E-state index contributed by atoms with van der Waals surface area (Å²) in [5, 5.41) is 12.7. The second-order valence-electron chi connectivity index (χ2n) is 6.20. The Morgan fingerprint density at radius 3 is 2.65 bits per heavy atom. The van der Waals surface area contributed by atoms with E-state index in [1.807, 2.05) is 13.0 Å². The summed E-state index contributed by atoms with van der Waals surface area (Å²) >= 11 is 9.37. The average molecular weight is 508 g/mol. The molecule has 0 aliphatic heterocycles. The van der Waals surface area contributed by atoms with Gasteiger partial charge in [-0.25, -0.2) is 4.79 Å². The Hall–Kier alpha value is -3.02. The molecule has 0 aliphatic carbocycles. The number of nitrogens with one attached hydrogen (secondary N) is 1. The zero-order valence-corrected chi connectivity index (χ0v) is 19.5. The van der Waals surface area contributed by atoms with Gasteiger partial charge in [0.25, 0.3) is 5.91 Å². The Morgan fingerprint density at radius 1 is 1.26 bits per heavy atom. The molecule has 1 amide bonds. The number of benzene rings is 2. The lowest BCUT2D eigenvalue weighted by atomic mass is 10.1. The van der Waals surface area contributed by atoms with E-state index in [4.69, 9.17) is 25.8 Å². The number of esters is 1. The van der Waals surface area contributed by atoms with Gasteiger partial charge in [0, 0.05) is 15.2 Å². The Kier molecular flexibility index (Phi) is 8.91. The maximum absolute atomic E-state index is 12.6. The number of ether oxygens (including phenoxy) is 3. The number of halogens is 2. The van der Waals surface area contributed by atoms with E-state index < -0.39 is 11.9 Å². The van der Waals surface area contributed by atoms with Crippen LogP contribution >= 0.6 is 27.5 Å². The minimum Gasteiger partial charge on any atom is -0.493 e. The van der Waals surface area contributed by atoms with Crippen LogP contribution in [-0.4, -0.2) is 32.2 Å². The van der Waals surface area contributed by atoms with Gasteiger partial charge in [0.15, 0.2) is 18.1 Å². The highest BCUT2D eigenvalue weighted by Gasteiger charge is 2.15. The molecule has 0 spiro atoms. The third-order valence-corrected chi connectivity index (χ3v) is 4.97. The Balaban J connectivity index is 2.28. The number of rotatable bonds is 8. The van der Waals surface area contributed by atoms with Crippen molar-refractivity contribution in [2.45, 2.75) is 13.8 Å². The maximum Gasteiger partial charge on any atom is 0.344 e. The zero-order chi connectivity index (χ0) is 23.0. The largest absolute Gasteiger partial charge is 0.493 e. The first-order chi connectivity index (χ1) is 14.8. The molecule has 0 aromatic heterocycles. The van der Waals surface area contributed by atoms with Crippen molar-refractivity contribution in [1.82, 2.24) is 0 Å². The second-order valence-corrected chi connectivity index (χ2v) is 7.49. The average Bonchev–Trinajstić information content (AvgIpc) is 2.74. The summed E-state index contributed by atoms with van der Waals surface area (Å²) in [6.07, 6.45) is 1.41. The number of methoxy groups -OCH3 is 1. The Morgan fingerprint density at radius 2 is 2.00 bits per heavy atom. The highest BCUT2D eigenvalue weighted by atomic mass is 79.9. The third-order valence-electron chi connectivity index (χ3n) is 4.05. The van der Waals surface area contributed by atoms with Crippen LogP contribution in [-0.2, 0) is 14.3 Å². The first kappa shape index (κ1) is 24.3. The standard InChI is InChI=1S/C22H20BrClN2O5/c1-4-30-21(27)12-31-20-10-17(23)14(8-19(20)29-3)7-15(11-25)22(28)26-18-9-16(24)6-5-13(18)2/h5-10H,4,12H2,1-3H3,(H,26,28)/b15-7+. The first-order valence-electron chi connectivity index (χ1n) is 9.14. The number of nitrogens with zero attached hydrogens (tertiary/aromatic N) is 1. The summed E-state index contributed by atoms with van der Waals surface area (Å²) in [6, 6.07) is 10.2. The van der Waals surface area contributed by atoms with Crippen molar-refractivity contribution in [3.8, 4) is 17.6 Å². The van der Waals surface area contributed by atoms with Crippen molar-refractivity contribution in [2.24, 2.45) is 0 Å². The quantitative estimate of drug-likeness (QED) is 0.310. The predicted molar refractivity (Wildman–Crippen MR) is 121 cm³/mol. The molecule has 0 heterocycles. The predicted octanol–water partition coefficient (Wildman–Crippen LogP) is 4.91. The molecule has 0 saturated carbocycles. The van der Waals surface area contributed by atoms with Crippen molar-refractivity contribution in [1.29, 1.82) is 5.26 Å². The third kappa shape index (κ3) is 6.74. The fourth-order valence-electron chi connectivity index (χ4n) is 2.50. The molecule has 0 aliphatic rings. The van der Waals surface area contributed by atoms with Crippen molar-refractivity contribution in [3.05, 3.63) is 56.5 Å². The molecule has 2 rings (SSSR count). The summed E-state index contributed by atoms with van der Waals surface area (Å²) in [6.45, 7) is 3.49. The summed E-state index contributed by atoms with van der Waals surface area (Å²) in [4.78, 5) is 24.1. The van der Waals surface area contributed by atoms with E-state index in [-0.39, 0.29) is 18.8 Å². The Labute approximate surface area is 193 Å². The summed E-state index contributed by atoms with van der Waals surface area (Å²) in [5.74, 6) is -0.468. The van der Waals surface area contributed by atoms with Crippen molar-refractivity contribution < 1.29 is 23.8 Å². The monoisotopic (exact) mass is 506 g/mol. The lowest BCUT2D eigenvalue weighted by Crippen LogP contribution is -2.15. The lowest BCUT2D eigenvalue weighted by molar-refractivity contribution is -0.145. The van der Waals surface area contributed by atoms with Gasteiger partial charge in [-0.15, -0.1) is 0 Å². The molecule has 0 bridgehead atoms. The first-order valence-corrected chi connectivity index (χ1v) is 10.3. The molecule has 2 aromatic rings. The minimum atomic E-state index is -0.582. The molecular formula is C22H20BrClN2O5. The van der Waals surface area contributed by atoms with Gasteiger partial charge >= 0.3 is 5.97 Å². The molecule has 0 saturated heterocycles. The van der Waals surface area contributed by atoms with Crippen LogP contribution in [0.5, 0.6) is 11.5 Å². The minimum absolute atomic E-state index is 0.123. The van der Waals surface area contributed by atoms with Gasteiger partial charge < -0.3 is 19.5 Å². The van der Waals surface area contributed by atoms with E-state index in [9.17, 15) is 14.9 Å². The van der Waals surface area contributed by atoms with Gasteiger partial charge in [-0.2, -0.15) is 5.26 Å². The number of nitriles is 1. The van der Waals surface area contributed by atoms with Gasteiger partial charge in [-0.1, -0.05) is 33.6 Å². The fourth-order valence-corrected chi connectivity index (χ4v) is 3.10. The highest BCUT2D eigenvalue weighted by Crippen LogP contribution is 2.35. The fraction of sp³-hybridized carbons (Fsp3) is 0.227.